The predicted molar refractivity (Wildman–Crippen MR) is 168 cm³/mol. The molecule has 0 radical (unpaired) electrons. The summed E-state index contributed by atoms with van der Waals surface area (Å²) < 4.78 is 13.3. The highest BCUT2D eigenvalue weighted by Crippen LogP contribution is 2.47. The number of hydrogen-bond donors (Lipinski definition) is 1. The van der Waals surface area contributed by atoms with Gasteiger partial charge in [-0.2, -0.15) is 0 Å². The van der Waals surface area contributed by atoms with Crippen LogP contribution in [-0.2, 0) is 14.0 Å². The molecule has 0 heterocycles. The fourth-order valence-electron chi connectivity index (χ4n) is 6.33. The molecule has 4 aromatic rings. The largest absolute Gasteiger partial charge is 0.459 e. The summed E-state index contributed by atoms with van der Waals surface area (Å²) in [5.41, 5.74) is 3.66. The lowest BCUT2D eigenvalue weighted by Gasteiger charge is -2.46. The van der Waals surface area contributed by atoms with Gasteiger partial charge in [0.05, 0.1) is 12.2 Å². The molecule has 4 atom stereocenters. The van der Waals surface area contributed by atoms with E-state index in [1.807, 2.05) is 54.6 Å². The van der Waals surface area contributed by atoms with E-state index in [0.29, 0.717) is 18.5 Å². The van der Waals surface area contributed by atoms with Crippen molar-refractivity contribution in [3.8, 4) is 11.1 Å². The summed E-state index contributed by atoms with van der Waals surface area (Å²) in [5.74, 6) is -0.417. The van der Waals surface area contributed by atoms with Crippen LogP contribution in [0.1, 0.15) is 38.9 Å². The highest BCUT2D eigenvalue weighted by atomic mass is 28.4. The van der Waals surface area contributed by atoms with Gasteiger partial charge in [-0.15, -0.1) is 0 Å². The van der Waals surface area contributed by atoms with Gasteiger partial charge < -0.3 is 14.3 Å². The molecule has 0 amide bonds. The quantitative estimate of drug-likeness (QED) is 0.145. The lowest BCUT2D eigenvalue weighted by atomic mass is 9.89. The fraction of sp³-hybridized carbons (Fsp3) is 0.250. The summed E-state index contributed by atoms with van der Waals surface area (Å²) in [6.45, 7) is 11.5. The molecule has 1 unspecified atom stereocenters. The third-order valence-electron chi connectivity index (χ3n) is 8.33. The van der Waals surface area contributed by atoms with Crippen LogP contribution in [0.4, 0.5) is 0 Å². The van der Waals surface area contributed by atoms with Crippen LogP contribution in [0.3, 0.4) is 0 Å². The van der Waals surface area contributed by atoms with Crippen molar-refractivity contribution in [2.75, 3.05) is 0 Å². The van der Waals surface area contributed by atoms with Crippen molar-refractivity contribution in [1.29, 1.82) is 0 Å². The first-order chi connectivity index (χ1) is 19.8. The van der Waals surface area contributed by atoms with Crippen molar-refractivity contribution in [1.82, 2.24) is 0 Å². The minimum absolute atomic E-state index is 0.243. The highest BCUT2D eigenvalue weighted by Gasteiger charge is 2.55. The van der Waals surface area contributed by atoms with Gasteiger partial charge >= 0.3 is 0 Å². The highest BCUT2D eigenvalue weighted by molar-refractivity contribution is 6.99. The van der Waals surface area contributed by atoms with Crippen LogP contribution in [-0.4, -0.2) is 32.1 Å². The summed E-state index contributed by atoms with van der Waals surface area (Å²) in [5, 5.41) is 13.2. The molecular weight excluding hydrogens is 524 g/mol. The van der Waals surface area contributed by atoms with Crippen molar-refractivity contribution in [2.45, 2.75) is 50.5 Å². The third-order valence-corrected chi connectivity index (χ3v) is 13.4. The van der Waals surface area contributed by atoms with Crippen LogP contribution >= 0.6 is 0 Å². The maximum Gasteiger partial charge on any atom is 0.293 e. The van der Waals surface area contributed by atoms with E-state index in [9.17, 15) is 9.90 Å². The van der Waals surface area contributed by atoms with Crippen molar-refractivity contribution < 1.29 is 19.1 Å². The number of aliphatic hydroxyl groups is 1. The summed E-state index contributed by atoms with van der Waals surface area (Å²) in [4.78, 5) is 11.9. The Balaban J connectivity index is 1.58. The van der Waals surface area contributed by atoms with E-state index in [-0.39, 0.29) is 5.04 Å². The minimum atomic E-state index is -2.93. The fourth-order valence-corrected chi connectivity index (χ4v) is 11.0. The summed E-state index contributed by atoms with van der Waals surface area (Å²) in [7, 11) is -2.93. The van der Waals surface area contributed by atoms with E-state index < -0.39 is 32.5 Å². The van der Waals surface area contributed by atoms with Crippen molar-refractivity contribution >= 4 is 25.2 Å². The zero-order valence-electron chi connectivity index (χ0n) is 23.9. The average molecular weight is 563 g/mol. The first kappa shape index (κ1) is 28.7. The average Bonchev–Trinajstić information content (AvgIpc) is 3.27. The Morgan fingerprint density at radius 3 is 1.78 bits per heavy atom. The second-order valence-corrected chi connectivity index (χ2v) is 16.1. The molecule has 210 valence electrons. The second kappa shape index (κ2) is 12.0. The molecule has 1 aliphatic rings. The zero-order valence-corrected chi connectivity index (χ0v) is 24.9. The molecule has 1 fully saturated rings. The number of carbonyl (C=O) groups excluding carboxylic acids is 1. The van der Waals surface area contributed by atoms with Gasteiger partial charge in [-0.05, 0) is 37.7 Å². The molecule has 4 aromatic carbocycles. The Labute approximate surface area is 244 Å². The van der Waals surface area contributed by atoms with E-state index in [0.717, 1.165) is 27.1 Å². The monoisotopic (exact) mass is 562 g/mol. The van der Waals surface area contributed by atoms with Gasteiger partial charge in [0, 0.05) is 12.3 Å². The van der Waals surface area contributed by atoms with E-state index >= 15 is 0 Å². The first-order valence-electron chi connectivity index (χ1n) is 14.2. The van der Waals surface area contributed by atoms with Gasteiger partial charge in [-0.3, -0.25) is 4.79 Å². The molecular formula is C36H38O4Si. The Morgan fingerprint density at radius 2 is 1.29 bits per heavy atom. The van der Waals surface area contributed by atoms with Gasteiger partial charge in [-0.25, -0.2) is 0 Å². The van der Waals surface area contributed by atoms with Crippen molar-refractivity contribution in [3.63, 3.8) is 0 Å². The normalized spacial score (nSPS) is 20.0. The Kier molecular flexibility index (Phi) is 8.41. The van der Waals surface area contributed by atoms with Crippen LogP contribution in [0.5, 0.6) is 0 Å². The molecule has 0 aliphatic heterocycles. The first-order valence-corrected chi connectivity index (χ1v) is 16.1. The number of rotatable bonds is 9. The second-order valence-electron chi connectivity index (χ2n) is 11.8. The zero-order chi connectivity index (χ0) is 29.0. The van der Waals surface area contributed by atoms with Crippen LogP contribution in [0, 0.1) is 5.92 Å². The van der Waals surface area contributed by atoms with Gasteiger partial charge in [0.25, 0.3) is 14.8 Å². The molecule has 0 spiro atoms. The molecule has 0 aromatic heterocycles. The van der Waals surface area contributed by atoms with Crippen LogP contribution < -0.4 is 10.4 Å². The molecule has 1 aliphatic carbocycles. The van der Waals surface area contributed by atoms with Gasteiger partial charge in [0.1, 0.15) is 6.10 Å². The van der Waals surface area contributed by atoms with E-state index in [2.05, 4.69) is 88.0 Å². The molecule has 41 heavy (non-hydrogen) atoms. The van der Waals surface area contributed by atoms with Crippen molar-refractivity contribution in [3.05, 3.63) is 133 Å². The Bertz CT molecular complexity index is 1410. The smallest absolute Gasteiger partial charge is 0.293 e. The van der Waals surface area contributed by atoms with E-state index in [4.69, 9.17) is 9.16 Å². The van der Waals surface area contributed by atoms with Gasteiger partial charge in [-0.1, -0.05) is 143 Å². The molecule has 1 saturated carbocycles. The maximum atomic E-state index is 11.9. The summed E-state index contributed by atoms with van der Waals surface area (Å²) in [6.07, 6.45) is -1.44. The number of ether oxygens (including phenoxy) is 1. The van der Waals surface area contributed by atoms with Crippen LogP contribution in [0.15, 0.2) is 127 Å². The lowest BCUT2D eigenvalue weighted by molar-refractivity contribution is -0.137. The minimum Gasteiger partial charge on any atom is -0.459 e. The number of aliphatic hydroxyl groups excluding tert-OH is 1. The molecule has 4 nitrogen and oxygen atoms in total. The number of hydrogen-bond acceptors (Lipinski definition) is 4. The van der Waals surface area contributed by atoms with Crippen LogP contribution in [0.2, 0.25) is 5.04 Å². The summed E-state index contributed by atoms with van der Waals surface area (Å²) >= 11 is 0. The molecule has 5 heteroatoms. The third kappa shape index (κ3) is 5.58. The Hall–Kier alpha value is -3.77. The number of benzene rings is 4. The van der Waals surface area contributed by atoms with Crippen LogP contribution in [0.25, 0.3) is 11.1 Å². The van der Waals surface area contributed by atoms with E-state index in [1.165, 1.54) is 0 Å². The van der Waals surface area contributed by atoms with Crippen molar-refractivity contribution in [2.24, 2.45) is 5.92 Å². The molecule has 5 rings (SSSR count). The Morgan fingerprint density at radius 1 is 0.805 bits per heavy atom. The molecule has 0 saturated heterocycles. The standard InChI is InChI=1S/C36H38O4Si/c1-26-32(38)24-33(34(26)35(39-25-37)29-22-20-28(21-23-29)27-14-8-5-9-15-27)40-41(36(2,3)4,30-16-10-6-11-17-30)31-18-12-7-13-19-31/h5-23,25,32-35,38H,1,24H2,2-4H3/t32-,33+,34+,35?/m1/s1. The molecule has 1 N–H and O–H groups in total. The lowest BCUT2D eigenvalue weighted by Crippen LogP contribution is -2.68. The summed E-state index contributed by atoms with van der Waals surface area (Å²) in [6, 6.07) is 39.1. The number of carbonyl (C=O) groups is 1. The topological polar surface area (TPSA) is 55.8 Å². The van der Waals surface area contributed by atoms with Gasteiger partial charge in [0.2, 0.25) is 0 Å². The maximum absolute atomic E-state index is 11.9. The SMILES string of the molecule is C=C1[C@H](O)C[C@H](O[Si](c2ccccc2)(c2ccccc2)C(C)(C)C)[C@H]1C(OC=O)c1ccc(-c2ccccc2)cc1. The van der Waals surface area contributed by atoms with E-state index in [1.54, 1.807) is 0 Å². The molecule has 0 bridgehead atoms. The predicted octanol–water partition coefficient (Wildman–Crippen LogP) is 6.45. The van der Waals surface area contributed by atoms with Gasteiger partial charge in [0.15, 0.2) is 0 Å².